The lowest BCUT2D eigenvalue weighted by molar-refractivity contribution is 0.0483. The molecular weight excluding hydrogens is 178 g/mol. The maximum Gasteiger partial charge on any atom is 0.227 e. The van der Waals surface area contributed by atoms with Crippen LogP contribution in [-0.2, 0) is 4.84 Å². The van der Waals surface area contributed by atoms with Crippen molar-refractivity contribution in [1.82, 2.24) is 14.9 Å². The van der Waals surface area contributed by atoms with Gasteiger partial charge < -0.3 is 0 Å². The van der Waals surface area contributed by atoms with E-state index in [1.54, 1.807) is 7.05 Å². The lowest BCUT2D eigenvalue weighted by Gasteiger charge is -2.27. The summed E-state index contributed by atoms with van der Waals surface area (Å²) in [6.45, 7) is 1.55. The van der Waals surface area contributed by atoms with E-state index in [1.807, 2.05) is 24.4 Å². The highest BCUT2D eigenvalue weighted by atomic mass is 16.6. The second-order valence-corrected chi connectivity index (χ2v) is 3.65. The van der Waals surface area contributed by atoms with Crippen molar-refractivity contribution in [3.8, 4) is 0 Å². The highest BCUT2D eigenvalue weighted by molar-refractivity contribution is 5.31. The molecule has 4 nitrogen and oxygen atoms in total. The van der Waals surface area contributed by atoms with Crippen LogP contribution in [0.3, 0.4) is 0 Å². The number of nitrogens with zero attached hydrogens (tertiary/aromatic N) is 2. The normalized spacial score (nSPS) is 11.6. The second-order valence-electron chi connectivity index (χ2n) is 3.65. The summed E-state index contributed by atoms with van der Waals surface area (Å²) in [7, 11) is 5.99. The highest BCUT2D eigenvalue weighted by Gasteiger charge is 2.19. The molecule has 0 fully saturated rings. The maximum atomic E-state index is 5.10. The van der Waals surface area contributed by atoms with Crippen molar-refractivity contribution in [3.05, 3.63) is 24.4 Å². The van der Waals surface area contributed by atoms with E-state index in [0.717, 1.165) is 16.8 Å². The first-order valence-corrected chi connectivity index (χ1v) is 4.70. The first kappa shape index (κ1) is 11.1. The summed E-state index contributed by atoms with van der Waals surface area (Å²) in [5, 5.41) is 0. The van der Waals surface area contributed by atoms with Crippen molar-refractivity contribution in [1.29, 1.82) is 0 Å². The minimum absolute atomic E-state index is 0.667. The Morgan fingerprint density at radius 1 is 1.43 bits per heavy atom. The molecule has 78 valence electrons. The van der Waals surface area contributed by atoms with Crippen molar-refractivity contribution < 1.29 is 4.84 Å². The third-order valence-electron chi connectivity index (χ3n) is 2.17. The van der Waals surface area contributed by atoms with Crippen LogP contribution in [0.5, 0.6) is 0 Å². The van der Waals surface area contributed by atoms with E-state index in [0.29, 0.717) is 6.61 Å². The second kappa shape index (κ2) is 5.05. The third kappa shape index (κ3) is 3.06. The van der Waals surface area contributed by atoms with Gasteiger partial charge in [-0.2, -0.15) is 0 Å². The van der Waals surface area contributed by atoms with Crippen LogP contribution < -0.4 is 9.96 Å². The van der Waals surface area contributed by atoms with Crippen LogP contribution in [0.15, 0.2) is 24.4 Å². The fraction of sp³-hybridized carbons (Fsp3) is 0.500. The zero-order valence-corrected chi connectivity index (χ0v) is 9.03. The van der Waals surface area contributed by atoms with Gasteiger partial charge in [-0.3, -0.25) is 9.32 Å². The van der Waals surface area contributed by atoms with E-state index in [2.05, 4.69) is 24.6 Å². The van der Waals surface area contributed by atoms with Gasteiger partial charge in [-0.25, -0.2) is 10.5 Å². The van der Waals surface area contributed by atoms with E-state index in [1.165, 1.54) is 0 Å². The van der Waals surface area contributed by atoms with Crippen LogP contribution in [0.1, 0.15) is 0 Å². The predicted octanol–water partition coefficient (Wildman–Crippen LogP) is 0.799. The largest absolute Gasteiger partial charge is 0.296 e. The Morgan fingerprint density at radius 2 is 2.21 bits per heavy atom. The highest BCUT2D eigenvalue weighted by Crippen LogP contribution is 2.13. The number of nitrogens with one attached hydrogen (secondary N) is 1. The number of hydroxylamine groups is 1. The Labute approximate surface area is 85.1 Å². The molecular formula is C10H18N3O+. The van der Waals surface area contributed by atoms with E-state index >= 15 is 0 Å². The summed E-state index contributed by atoms with van der Waals surface area (Å²) in [6, 6.07) is 5.95. The minimum atomic E-state index is 0.667. The molecule has 0 saturated heterocycles. The molecule has 0 spiro atoms. The van der Waals surface area contributed by atoms with Crippen LogP contribution >= 0.6 is 0 Å². The molecule has 1 aromatic heterocycles. The topological polar surface area (TPSA) is 34.1 Å². The van der Waals surface area contributed by atoms with Gasteiger partial charge >= 0.3 is 0 Å². The predicted molar refractivity (Wildman–Crippen MR) is 57.8 cm³/mol. The molecule has 14 heavy (non-hydrogen) atoms. The van der Waals surface area contributed by atoms with Gasteiger partial charge in [-0.1, -0.05) is 6.07 Å². The molecule has 1 heterocycles. The molecule has 1 rings (SSSR count). The fourth-order valence-corrected chi connectivity index (χ4v) is 1.20. The van der Waals surface area contributed by atoms with Gasteiger partial charge in [-0.15, -0.1) is 0 Å². The summed E-state index contributed by atoms with van der Waals surface area (Å²) >= 11 is 0. The van der Waals surface area contributed by atoms with Gasteiger partial charge in [0.05, 0.1) is 14.1 Å². The van der Waals surface area contributed by atoms with E-state index < -0.39 is 0 Å². The van der Waals surface area contributed by atoms with Crippen LogP contribution in [0.2, 0.25) is 0 Å². The number of quaternary nitrogens is 1. The minimum Gasteiger partial charge on any atom is -0.296 e. The van der Waals surface area contributed by atoms with Crippen LogP contribution in [-0.4, -0.2) is 39.3 Å². The Balaban J connectivity index is 2.56. The van der Waals surface area contributed by atoms with Gasteiger partial charge in [0.15, 0.2) is 0 Å². The number of likely N-dealkylation sites (N-methyl/N-ethyl adjacent to an activating group) is 1. The molecule has 0 aliphatic heterocycles. The lowest BCUT2D eigenvalue weighted by Crippen LogP contribution is -2.44. The Bertz CT molecular complexity index is 261. The SMILES string of the molecule is CNOCC[N+](C)(C)c1ccccn1. The number of pyridine rings is 1. The average Bonchev–Trinajstić information content (AvgIpc) is 2.19. The van der Waals surface area contributed by atoms with E-state index in [-0.39, 0.29) is 0 Å². The van der Waals surface area contributed by atoms with Crippen molar-refractivity contribution in [2.75, 3.05) is 34.3 Å². The molecule has 4 heteroatoms. The van der Waals surface area contributed by atoms with Crippen molar-refractivity contribution in [3.63, 3.8) is 0 Å². The van der Waals surface area contributed by atoms with Crippen molar-refractivity contribution in [2.24, 2.45) is 0 Å². The standard InChI is InChI=1S/C10H18N3O/c1-11-14-9-8-13(2,3)10-6-4-5-7-12-10/h4-7,11H,8-9H2,1-3H3/q+1. The summed E-state index contributed by atoms with van der Waals surface area (Å²) in [6.07, 6.45) is 1.81. The smallest absolute Gasteiger partial charge is 0.227 e. The molecule has 1 aromatic rings. The molecule has 0 amide bonds. The first-order valence-electron chi connectivity index (χ1n) is 4.70. The molecule has 0 aromatic carbocycles. The monoisotopic (exact) mass is 196 g/mol. The number of aromatic nitrogens is 1. The summed E-state index contributed by atoms with van der Waals surface area (Å²) in [5.41, 5.74) is 2.66. The molecule has 0 radical (unpaired) electrons. The molecule has 0 aliphatic carbocycles. The average molecular weight is 196 g/mol. The maximum absolute atomic E-state index is 5.10. The molecule has 0 aliphatic rings. The Hall–Kier alpha value is -0.970. The Kier molecular flexibility index (Phi) is 4.00. The van der Waals surface area contributed by atoms with E-state index in [4.69, 9.17) is 4.84 Å². The Morgan fingerprint density at radius 3 is 2.79 bits per heavy atom. The van der Waals surface area contributed by atoms with Crippen molar-refractivity contribution in [2.45, 2.75) is 0 Å². The summed E-state index contributed by atoms with van der Waals surface area (Å²) in [5.74, 6) is 1.05. The number of hydrogen-bond acceptors (Lipinski definition) is 3. The van der Waals surface area contributed by atoms with Gasteiger partial charge in [0.2, 0.25) is 5.82 Å². The van der Waals surface area contributed by atoms with Gasteiger partial charge in [0.25, 0.3) is 0 Å². The molecule has 1 N–H and O–H groups in total. The number of hydrogen-bond donors (Lipinski definition) is 1. The van der Waals surface area contributed by atoms with Crippen molar-refractivity contribution >= 4 is 5.82 Å². The molecule has 0 saturated carbocycles. The quantitative estimate of drug-likeness (QED) is 0.430. The summed E-state index contributed by atoms with van der Waals surface area (Å²) in [4.78, 5) is 9.42. The first-order chi connectivity index (χ1) is 6.67. The van der Waals surface area contributed by atoms with Gasteiger partial charge in [-0.05, 0) is 6.07 Å². The van der Waals surface area contributed by atoms with Crippen LogP contribution in [0.4, 0.5) is 5.82 Å². The zero-order valence-electron chi connectivity index (χ0n) is 9.03. The zero-order chi connectivity index (χ0) is 10.4. The van der Waals surface area contributed by atoms with Crippen LogP contribution in [0, 0.1) is 0 Å². The van der Waals surface area contributed by atoms with Gasteiger partial charge in [0, 0.05) is 19.3 Å². The lowest BCUT2D eigenvalue weighted by atomic mass is 10.4. The number of rotatable bonds is 5. The molecule has 0 unspecified atom stereocenters. The fourth-order valence-electron chi connectivity index (χ4n) is 1.20. The van der Waals surface area contributed by atoms with Gasteiger partial charge in [0.1, 0.15) is 13.2 Å². The summed E-state index contributed by atoms with van der Waals surface area (Å²) < 4.78 is 0.725. The van der Waals surface area contributed by atoms with Crippen LogP contribution in [0.25, 0.3) is 0 Å². The molecule has 0 atom stereocenters. The van der Waals surface area contributed by atoms with E-state index in [9.17, 15) is 0 Å². The molecule has 0 bridgehead atoms. The third-order valence-corrected chi connectivity index (χ3v) is 2.17.